The predicted octanol–water partition coefficient (Wildman–Crippen LogP) is 4.65. The molecular weight excluding hydrogens is 374 g/mol. The summed E-state index contributed by atoms with van der Waals surface area (Å²) in [6.45, 7) is 7.05. The zero-order chi connectivity index (χ0) is 20.4. The van der Waals surface area contributed by atoms with E-state index in [0.29, 0.717) is 11.4 Å². The van der Waals surface area contributed by atoms with Gasteiger partial charge in [0.15, 0.2) is 5.70 Å². The Morgan fingerprint density at radius 3 is 2.11 bits per heavy atom. The molecule has 0 atom stereocenters. The summed E-state index contributed by atoms with van der Waals surface area (Å²) < 4.78 is 5.20. The van der Waals surface area contributed by atoms with E-state index in [1.807, 2.05) is 60.7 Å². The Hall–Kier alpha value is -3.18. The molecule has 1 N–H and O–H groups in total. The molecular formula is C22H22ClN3O2. The van der Waals surface area contributed by atoms with Crippen molar-refractivity contribution in [2.75, 3.05) is 6.61 Å². The molecule has 0 heterocycles. The van der Waals surface area contributed by atoms with E-state index in [-0.39, 0.29) is 17.5 Å². The number of hydrogen-bond donors (Lipinski definition) is 1. The number of benzene rings is 2. The van der Waals surface area contributed by atoms with Crippen LogP contribution in [0.15, 0.2) is 93.4 Å². The number of hydrogen-bond acceptors (Lipinski definition) is 5. The number of nitrogens with one attached hydrogen (secondary N) is 1. The van der Waals surface area contributed by atoms with Gasteiger partial charge in [-0.1, -0.05) is 72.3 Å². The second kappa shape index (κ2) is 10.8. The van der Waals surface area contributed by atoms with Gasteiger partial charge >= 0.3 is 5.97 Å². The molecule has 0 aromatic heterocycles. The van der Waals surface area contributed by atoms with Gasteiger partial charge in [0, 0.05) is 23.0 Å². The van der Waals surface area contributed by atoms with Crippen molar-refractivity contribution in [3.8, 4) is 0 Å². The number of rotatable bonds is 8. The molecule has 6 heteroatoms. The average Bonchev–Trinajstić information content (AvgIpc) is 2.73. The molecule has 0 unspecified atom stereocenters. The third-order valence-corrected chi connectivity index (χ3v) is 3.93. The number of ether oxygens (including phenoxy) is 1. The number of allylic oxidation sites excluding steroid dienone is 1. The van der Waals surface area contributed by atoms with Crippen molar-refractivity contribution in [2.45, 2.75) is 13.8 Å². The minimum Gasteiger partial charge on any atom is -0.461 e. The molecule has 0 saturated carbocycles. The van der Waals surface area contributed by atoms with Crippen LogP contribution in [0.3, 0.4) is 0 Å². The van der Waals surface area contributed by atoms with Gasteiger partial charge in [0.1, 0.15) is 5.16 Å². The maximum Gasteiger partial charge on any atom is 0.358 e. The van der Waals surface area contributed by atoms with Crippen LogP contribution in [0, 0.1) is 0 Å². The van der Waals surface area contributed by atoms with Crippen LogP contribution in [0.25, 0.3) is 0 Å². The summed E-state index contributed by atoms with van der Waals surface area (Å²) in [6.07, 6.45) is 1.43. The van der Waals surface area contributed by atoms with E-state index in [4.69, 9.17) is 16.3 Å². The lowest BCUT2D eigenvalue weighted by Crippen LogP contribution is -2.16. The van der Waals surface area contributed by atoms with Gasteiger partial charge in [-0.05, 0) is 20.6 Å². The molecule has 0 fully saturated rings. The SMILES string of the molecule is C=N/C(Cl)=C\N/C(C)=C(\N=C(c1ccccc1)c1ccccc1)C(=O)OCC. The normalized spacial score (nSPS) is 11.9. The fourth-order valence-corrected chi connectivity index (χ4v) is 2.42. The first kappa shape index (κ1) is 21.1. The molecule has 0 bridgehead atoms. The Balaban J connectivity index is 2.61. The zero-order valence-electron chi connectivity index (χ0n) is 15.9. The Kier molecular flexibility index (Phi) is 8.18. The molecule has 0 aliphatic rings. The fraction of sp³-hybridized carbons (Fsp3) is 0.136. The molecule has 0 amide bonds. The molecule has 144 valence electrons. The zero-order valence-corrected chi connectivity index (χ0v) is 16.6. The number of nitrogens with zero attached hydrogens (tertiary/aromatic N) is 2. The summed E-state index contributed by atoms with van der Waals surface area (Å²) in [5.41, 5.74) is 3.04. The highest BCUT2D eigenvalue weighted by Gasteiger charge is 2.17. The molecule has 0 aliphatic carbocycles. The Bertz CT molecular complexity index is 862. The summed E-state index contributed by atoms with van der Waals surface area (Å²) in [5, 5.41) is 3.09. The lowest BCUT2D eigenvalue weighted by molar-refractivity contribution is -0.138. The van der Waals surface area contributed by atoms with Crippen LogP contribution in [0.4, 0.5) is 0 Å². The fourth-order valence-electron chi connectivity index (χ4n) is 2.36. The van der Waals surface area contributed by atoms with Crippen LogP contribution in [-0.2, 0) is 9.53 Å². The standard InChI is InChI=1S/C22H22ClN3O2/c1-4-28-22(27)20(16(2)25-15-19(23)24-3)26-21(17-11-7-5-8-12-17)18-13-9-6-10-14-18/h5-15,25H,3-4H2,1-2H3/b19-15-,20-16-. The lowest BCUT2D eigenvalue weighted by Gasteiger charge is -2.12. The van der Waals surface area contributed by atoms with Crippen molar-refractivity contribution in [2.24, 2.45) is 9.98 Å². The topological polar surface area (TPSA) is 63.0 Å². The predicted molar refractivity (Wildman–Crippen MR) is 114 cm³/mol. The molecule has 0 spiro atoms. The van der Waals surface area contributed by atoms with Crippen molar-refractivity contribution in [1.29, 1.82) is 0 Å². The van der Waals surface area contributed by atoms with E-state index in [0.717, 1.165) is 11.1 Å². The smallest absolute Gasteiger partial charge is 0.358 e. The average molecular weight is 396 g/mol. The van der Waals surface area contributed by atoms with Gasteiger partial charge in [-0.3, -0.25) is 4.99 Å². The molecule has 2 aromatic rings. The molecule has 0 aliphatic heterocycles. The highest BCUT2D eigenvalue weighted by Crippen LogP contribution is 2.16. The highest BCUT2D eigenvalue weighted by molar-refractivity contribution is 6.29. The Morgan fingerprint density at radius 2 is 1.64 bits per heavy atom. The van der Waals surface area contributed by atoms with Crippen LogP contribution in [0.5, 0.6) is 0 Å². The molecule has 2 rings (SSSR count). The number of esters is 1. The molecule has 5 nitrogen and oxygen atoms in total. The van der Waals surface area contributed by atoms with Crippen molar-refractivity contribution in [3.63, 3.8) is 0 Å². The highest BCUT2D eigenvalue weighted by atomic mass is 35.5. The van der Waals surface area contributed by atoms with Crippen molar-refractivity contribution in [1.82, 2.24) is 5.32 Å². The third kappa shape index (κ3) is 5.93. The maximum absolute atomic E-state index is 12.6. The first-order valence-electron chi connectivity index (χ1n) is 8.73. The van der Waals surface area contributed by atoms with E-state index < -0.39 is 5.97 Å². The van der Waals surface area contributed by atoms with E-state index in [1.165, 1.54) is 6.20 Å². The maximum atomic E-state index is 12.6. The summed E-state index contributed by atoms with van der Waals surface area (Å²) in [5.74, 6) is -0.534. The monoisotopic (exact) mass is 395 g/mol. The van der Waals surface area contributed by atoms with Gasteiger partial charge in [-0.25, -0.2) is 9.79 Å². The van der Waals surface area contributed by atoms with Crippen LogP contribution in [0.2, 0.25) is 0 Å². The van der Waals surface area contributed by atoms with E-state index >= 15 is 0 Å². The van der Waals surface area contributed by atoms with Gasteiger partial charge in [-0.15, -0.1) is 0 Å². The lowest BCUT2D eigenvalue weighted by atomic mass is 10.0. The number of carbonyl (C=O) groups excluding carboxylic acids is 1. The van der Waals surface area contributed by atoms with Gasteiger partial charge in [0.2, 0.25) is 0 Å². The summed E-state index contributed by atoms with van der Waals surface area (Å²) >= 11 is 5.85. The second-order valence-electron chi connectivity index (χ2n) is 5.66. The van der Waals surface area contributed by atoms with Crippen molar-refractivity contribution in [3.05, 3.63) is 94.5 Å². The Morgan fingerprint density at radius 1 is 1.11 bits per heavy atom. The molecule has 0 radical (unpaired) electrons. The van der Waals surface area contributed by atoms with Crippen LogP contribution < -0.4 is 5.32 Å². The van der Waals surface area contributed by atoms with Crippen LogP contribution in [-0.4, -0.2) is 25.0 Å². The summed E-state index contributed by atoms with van der Waals surface area (Å²) in [4.78, 5) is 20.9. The van der Waals surface area contributed by atoms with Gasteiger partial charge in [-0.2, -0.15) is 0 Å². The quantitative estimate of drug-likeness (QED) is 0.306. The molecule has 28 heavy (non-hydrogen) atoms. The number of halogens is 1. The van der Waals surface area contributed by atoms with E-state index in [9.17, 15) is 4.79 Å². The largest absolute Gasteiger partial charge is 0.461 e. The first-order valence-corrected chi connectivity index (χ1v) is 9.11. The third-order valence-electron chi connectivity index (χ3n) is 3.70. The molecule has 0 saturated heterocycles. The number of carbonyl (C=O) groups is 1. The van der Waals surface area contributed by atoms with Crippen molar-refractivity contribution >= 4 is 30.0 Å². The van der Waals surface area contributed by atoms with Gasteiger partial charge in [0.25, 0.3) is 0 Å². The second-order valence-corrected chi connectivity index (χ2v) is 6.04. The first-order chi connectivity index (χ1) is 13.6. The van der Waals surface area contributed by atoms with E-state index in [1.54, 1.807) is 13.8 Å². The van der Waals surface area contributed by atoms with Gasteiger partial charge < -0.3 is 10.1 Å². The van der Waals surface area contributed by atoms with E-state index in [2.05, 4.69) is 22.0 Å². The minimum atomic E-state index is -0.534. The number of aliphatic imine (C=N–C) groups is 2. The Labute approximate surface area is 170 Å². The summed E-state index contributed by atoms with van der Waals surface area (Å²) in [6, 6.07) is 19.3. The van der Waals surface area contributed by atoms with Gasteiger partial charge in [0.05, 0.1) is 12.3 Å². The minimum absolute atomic E-state index is 0.148. The summed E-state index contributed by atoms with van der Waals surface area (Å²) in [7, 11) is 0. The molecule has 2 aromatic carbocycles. The van der Waals surface area contributed by atoms with Crippen LogP contribution in [0.1, 0.15) is 25.0 Å². The van der Waals surface area contributed by atoms with Crippen molar-refractivity contribution < 1.29 is 9.53 Å². The van der Waals surface area contributed by atoms with Crippen LogP contribution >= 0.6 is 11.6 Å².